The number of fused-ring (bicyclic) bond motifs is 1. The van der Waals surface area contributed by atoms with E-state index in [1.165, 1.54) is 11.1 Å². The summed E-state index contributed by atoms with van der Waals surface area (Å²) in [4.78, 5) is 10.9. The number of hydrogen-bond acceptors (Lipinski definition) is 2. The van der Waals surface area contributed by atoms with Crippen LogP contribution < -0.4 is 4.74 Å². The van der Waals surface area contributed by atoms with Gasteiger partial charge in [-0.2, -0.15) is 0 Å². The van der Waals surface area contributed by atoms with Crippen molar-refractivity contribution in [3.05, 3.63) is 63.6 Å². The van der Waals surface area contributed by atoms with Crippen LogP contribution in [0.3, 0.4) is 0 Å². The number of carboxylic acid groups (broad SMARTS) is 1. The van der Waals surface area contributed by atoms with Crippen LogP contribution in [0.15, 0.2) is 46.9 Å². The normalized spacial score (nSPS) is 16.7. The molecule has 120 valence electrons. The number of aliphatic carboxylic acids is 1. The predicted molar refractivity (Wildman–Crippen MR) is 92.7 cm³/mol. The Morgan fingerprint density at radius 2 is 1.96 bits per heavy atom. The second-order valence-corrected chi connectivity index (χ2v) is 6.97. The van der Waals surface area contributed by atoms with Crippen molar-refractivity contribution in [2.45, 2.75) is 32.3 Å². The minimum atomic E-state index is -0.701. The zero-order valence-corrected chi connectivity index (χ0v) is 14.4. The maximum Gasteiger partial charge on any atom is 0.303 e. The fraction of sp³-hybridized carbons (Fsp3) is 0.316. The summed E-state index contributed by atoms with van der Waals surface area (Å²) in [6.45, 7) is 0.549. The van der Waals surface area contributed by atoms with Crippen LogP contribution in [0.2, 0.25) is 0 Å². The topological polar surface area (TPSA) is 46.5 Å². The van der Waals surface area contributed by atoms with E-state index < -0.39 is 5.97 Å². The van der Waals surface area contributed by atoms with Gasteiger partial charge < -0.3 is 9.84 Å². The second-order valence-electron chi connectivity index (χ2n) is 6.05. The molecular weight excluding hydrogens is 356 g/mol. The highest BCUT2D eigenvalue weighted by Gasteiger charge is 2.21. The molecule has 1 aliphatic carbocycles. The number of benzene rings is 2. The van der Waals surface area contributed by atoms with Gasteiger partial charge in [-0.3, -0.25) is 4.79 Å². The molecule has 0 spiro atoms. The number of aryl methyl sites for hydroxylation is 1. The van der Waals surface area contributed by atoms with E-state index in [0.717, 1.165) is 35.0 Å². The number of rotatable bonds is 5. The summed E-state index contributed by atoms with van der Waals surface area (Å²) in [5, 5.41) is 8.93. The first-order chi connectivity index (χ1) is 11.1. The van der Waals surface area contributed by atoms with E-state index in [0.29, 0.717) is 6.61 Å². The van der Waals surface area contributed by atoms with Crippen LogP contribution in [0.5, 0.6) is 5.75 Å². The van der Waals surface area contributed by atoms with Crippen LogP contribution in [0.1, 0.15) is 29.5 Å². The first-order valence-electron chi connectivity index (χ1n) is 7.81. The summed E-state index contributed by atoms with van der Waals surface area (Å²) in [7, 11) is 0. The number of carbonyl (C=O) groups is 1. The zero-order valence-electron chi connectivity index (χ0n) is 12.8. The summed E-state index contributed by atoms with van der Waals surface area (Å²) < 4.78 is 6.94. The Bertz CT molecular complexity index is 694. The monoisotopic (exact) mass is 374 g/mol. The highest BCUT2D eigenvalue weighted by molar-refractivity contribution is 9.10. The van der Waals surface area contributed by atoms with Crippen molar-refractivity contribution in [2.75, 3.05) is 0 Å². The molecule has 0 fully saturated rings. The molecule has 0 aliphatic heterocycles. The van der Waals surface area contributed by atoms with E-state index in [4.69, 9.17) is 9.84 Å². The van der Waals surface area contributed by atoms with Gasteiger partial charge in [0.05, 0.1) is 0 Å². The highest BCUT2D eigenvalue weighted by atomic mass is 79.9. The van der Waals surface area contributed by atoms with Crippen molar-refractivity contribution < 1.29 is 14.6 Å². The lowest BCUT2D eigenvalue weighted by Crippen LogP contribution is -2.17. The van der Waals surface area contributed by atoms with Crippen molar-refractivity contribution in [1.82, 2.24) is 0 Å². The average Bonchev–Trinajstić information content (AvgIpc) is 2.54. The zero-order chi connectivity index (χ0) is 16.2. The molecule has 1 N–H and O–H groups in total. The number of carboxylic acids is 1. The van der Waals surface area contributed by atoms with Crippen LogP contribution in [0.25, 0.3) is 0 Å². The van der Waals surface area contributed by atoms with Gasteiger partial charge in [-0.25, -0.2) is 0 Å². The fourth-order valence-electron chi connectivity index (χ4n) is 3.07. The molecule has 23 heavy (non-hydrogen) atoms. The molecule has 0 aromatic heterocycles. The van der Waals surface area contributed by atoms with Crippen molar-refractivity contribution in [3.63, 3.8) is 0 Å². The van der Waals surface area contributed by atoms with Gasteiger partial charge in [-0.15, -0.1) is 0 Å². The summed E-state index contributed by atoms with van der Waals surface area (Å²) in [5.41, 5.74) is 3.69. The van der Waals surface area contributed by atoms with E-state index in [1.54, 1.807) is 0 Å². The first kappa shape index (κ1) is 16.1. The van der Waals surface area contributed by atoms with Crippen molar-refractivity contribution in [1.29, 1.82) is 0 Å². The van der Waals surface area contributed by atoms with Gasteiger partial charge in [0.25, 0.3) is 0 Å². The summed E-state index contributed by atoms with van der Waals surface area (Å²) in [6, 6.07) is 14.3. The van der Waals surface area contributed by atoms with Crippen molar-refractivity contribution >= 4 is 21.9 Å². The van der Waals surface area contributed by atoms with Gasteiger partial charge in [0, 0.05) is 10.9 Å². The molecule has 2 aromatic rings. The molecule has 0 radical (unpaired) electrons. The number of halogens is 1. The molecule has 3 nitrogen and oxygen atoms in total. The lowest BCUT2D eigenvalue weighted by atomic mass is 9.82. The molecule has 0 saturated heterocycles. The molecule has 0 saturated carbocycles. The van der Waals surface area contributed by atoms with E-state index in [2.05, 4.69) is 28.1 Å². The van der Waals surface area contributed by atoms with Gasteiger partial charge in [0.1, 0.15) is 12.4 Å². The third kappa shape index (κ3) is 4.35. The molecule has 0 bridgehead atoms. The Hall–Kier alpha value is -1.81. The van der Waals surface area contributed by atoms with Crippen molar-refractivity contribution in [2.24, 2.45) is 5.92 Å². The van der Waals surface area contributed by atoms with Crippen LogP contribution in [-0.2, 0) is 24.2 Å². The van der Waals surface area contributed by atoms with Crippen LogP contribution in [0, 0.1) is 5.92 Å². The largest absolute Gasteiger partial charge is 0.489 e. The third-order valence-corrected chi connectivity index (χ3v) is 4.82. The van der Waals surface area contributed by atoms with E-state index >= 15 is 0 Å². The maximum atomic E-state index is 10.9. The van der Waals surface area contributed by atoms with Gasteiger partial charge in [0.15, 0.2) is 0 Å². The lowest BCUT2D eigenvalue weighted by molar-refractivity contribution is -0.138. The van der Waals surface area contributed by atoms with E-state index in [9.17, 15) is 4.79 Å². The fourth-order valence-corrected chi connectivity index (χ4v) is 3.33. The second kappa shape index (κ2) is 7.18. The minimum Gasteiger partial charge on any atom is -0.489 e. The molecule has 2 aromatic carbocycles. The van der Waals surface area contributed by atoms with E-state index in [1.807, 2.05) is 30.3 Å². The Kier molecular flexibility index (Phi) is 5.01. The maximum absolute atomic E-state index is 10.9. The van der Waals surface area contributed by atoms with Crippen LogP contribution >= 0.6 is 15.9 Å². The molecule has 0 heterocycles. The minimum absolute atomic E-state index is 0.259. The van der Waals surface area contributed by atoms with E-state index in [-0.39, 0.29) is 12.3 Å². The Labute approximate surface area is 144 Å². The molecule has 1 atom stereocenters. The Morgan fingerprint density at radius 1 is 1.17 bits per heavy atom. The third-order valence-electron chi connectivity index (χ3n) is 4.29. The summed E-state index contributed by atoms with van der Waals surface area (Å²) in [6.07, 6.45) is 2.99. The highest BCUT2D eigenvalue weighted by Crippen LogP contribution is 2.30. The summed E-state index contributed by atoms with van der Waals surface area (Å²) in [5.74, 6) is 0.436. The standard InChI is InChI=1S/C19H19BrO3/c20-17-6-2-13(3-7-17)12-23-18-8-5-15-9-14(10-19(21)22)1-4-16(15)11-18/h2-3,5-8,11,14H,1,4,9-10,12H2,(H,21,22). The molecule has 1 unspecified atom stereocenters. The van der Waals surface area contributed by atoms with Crippen LogP contribution in [-0.4, -0.2) is 11.1 Å². The molecule has 4 heteroatoms. The first-order valence-corrected chi connectivity index (χ1v) is 8.60. The average molecular weight is 375 g/mol. The quantitative estimate of drug-likeness (QED) is 0.830. The lowest BCUT2D eigenvalue weighted by Gasteiger charge is -2.24. The molecule has 1 aliphatic rings. The van der Waals surface area contributed by atoms with Gasteiger partial charge in [0.2, 0.25) is 0 Å². The van der Waals surface area contributed by atoms with Gasteiger partial charge in [-0.05, 0) is 66.1 Å². The van der Waals surface area contributed by atoms with Gasteiger partial charge >= 0.3 is 5.97 Å². The van der Waals surface area contributed by atoms with Crippen molar-refractivity contribution in [3.8, 4) is 5.75 Å². The van der Waals surface area contributed by atoms with Crippen LogP contribution in [0.4, 0.5) is 0 Å². The SMILES string of the molecule is O=C(O)CC1CCc2cc(OCc3ccc(Br)cc3)ccc2C1. The molecule has 0 amide bonds. The number of ether oxygens (including phenoxy) is 1. The van der Waals surface area contributed by atoms with Gasteiger partial charge in [-0.1, -0.05) is 34.1 Å². The Balaban J connectivity index is 1.63. The Morgan fingerprint density at radius 3 is 2.70 bits per heavy atom. The molecular formula is C19H19BrO3. The smallest absolute Gasteiger partial charge is 0.303 e. The molecule has 3 rings (SSSR count). The number of hydrogen-bond donors (Lipinski definition) is 1. The summed E-state index contributed by atoms with van der Waals surface area (Å²) >= 11 is 3.42. The predicted octanol–water partition coefficient (Wildman–Crippen LogP) is 4.61.